The van der Waals surface area contributed by atoms with Crippen LogP contribution in [-0.2, 0) is 9.59 Å². The number of nitrogens with one attached hydrogen (secondary N) is 2. The molecular weight excluding hydrogens is 551 g/mol. The van der Waals surface area contributed by atoms with E-state index in [0.29, 0.717) is 38.1 Å². The van der Waals surface area contributed by atoms with Gasteiger partial charge in [-0.3, -0.25) is 14.4 Å². The van der Waals surface area contributed by atoms with Gasteiger partial charge in [-0.2, -0.15) is 0 Å². The van der Waals surface area contributed by atoms with Crippen LogP contribution in [0.15, 0.2) is 23.8 Å². The number of benzene rings is 1. The van der Waals surface area contributed by atoms with Crippen LogP contribution in [-0.4, -0.2) is 48.7 Å². The van der Waals surface area contributed by atoms with Crippen LogP contribution in [0.1, 0.15) is 94.8 Å². The number of hydrogen-bond donors (Lipinski definition) is 3. The Morgan fingerprint density at radius 2 is 1.79 bits per heavy atom. The fourth-order valence-corrected chi connectivity index (χ4v) is 7.84. The van der Waals surface area contributed by atoms with Gasteiger partial charge in [0.2, 0.25) is 5.91 Å². The van der Waals surface area contributed by atoms with Gasteiger partial charge in [-0.15, -0.1) is 0 Å². The molecule has 5 aliphatic rings. The number of allylic oxidation sites excluding steroid dienone is 2. The second-order valence-corrected chi connectivity index (χ2v) is 14.5. The number of fused-ring (bicyclic) bond motifs is 2. The van der Waals surface area contributed by atoms with Crippen LogP contribution < -0.4 is 20.1 Å². The minimum atomic E-state index is -0.833. The van der Waals surface area contributed by atoms with Gasteiger partial charge in [-0.1, -0.05) is 25.0 Å². The minimum Gasteiger partial charge on any atom is -0.496 e. The Hall–Kier alpha value is -3.10. The van der Waals surface area contributed by atoms with Crippen molar-refractivity contribution in [3.05, 3.63) is 35.2 Å². The molecule has 3 N–H and O–H groups in total. The lowest BCUT2D eigenvalue weighted by Crippen LogP contribution is -2.52. The normalized spacial score (nSPS) is 33.5. The van der Waals surface area contributed by atoms with Crippen molar-refractivity contribution >= 4 is 17.8 Å². The van der Waals surface area contributed by atoms with E-state index in [2.05, 4.69) is 23.6 Å². The summed E-state index contributed by atoms with van der Waals surface area (Å²) in [4.78, 5) is 39.1. The molecule has 5 aliphatic carbocycles. The zero-order valence-electron chi connectivity index (χ0n) is 25.5. The average Bonchev–Trinajstić information content (AvgIpc) is 3.59. The van der Waals surface area contributed by atoms with E-state index in [1.165, 1.54) is 38.0 Å². The van der Waals surface area contributed by atoms with E-state index >= 15 is 4.39 Å². The molecule has 2 bridgehead atoms. The van der Waals surface area contributed by atoms with Gasteiger partial charge >= 0.3 is 5.97 Å². The number of hydrogen-bond acceptors (Lipinski definition) is 5. The van der Waals surface area contributed by atoms with Crippen LogP contribution in [0.25, 0.3) is 0 Å². The van der Waals surface area contributed by atoms with Crippen LogP contribution in [0.5, 0.6) is 11.5 Å². The summed E-state index contributed by atoms with van der Waals surface area (Å²) in [5, 5.41) is 15.9. The summed E-state index contributed by atoms with van der Waals surface area (Å²) in [6.07, 6.45) is 11.5. The highest BCUT2D eigenvalue weighted by molar-refractivity contribution is 5.98. The number of rotatable bonds is 10. The summed E-state index contributed by atoms with van der Waals surface area (Å²) in [6.45, 7) is 4.60. The van der Waals surface area contributed by atoms with E-state index < -0.39 is 23.1 Å². The largest absolute Gasteiger partial charge is 0.496 e. The van der Waals surface area contributed by atoms with E-state index in [-0.39, 0.29) is 58.3 Å². The average molecular weight is 597 g/mol. The molecule has 5 saturated carbocycles. The van der Waals surface area contributed by atoms with Crippen LogP contribution >= 0.6 is 0 Å². The number of amides is 2. The van der Waals surface area contributed by atoms with Crippen molar-refractivity contribution in [2.45, 2.75) is 96.6 Å². The third-order valence-electron chi connectivity index (χ3n) is 11.1. The number of carboxylic acids is 1. The van der Waals surface area contributed by atoms with Gasteiger partial charge in [0.15, 0.2) is 11.6 Å². The zero-order chi connectivity index (χ0) is 30.5. The Morgan fingerprint density at radius 1 is 1.07 bits per heavy atom. The summed E-state index contributed by atoms with van der Waals surface area (Å²) >= 11 is 0. The van der Waals surface area contributed by atoms with Crippen molar-refractivity contribution in [1.29, 1.82) is 0 Å². The molecule has 9 heteroatoms. The maximum atomic E-state index is 15.1. The summed E-state index contributed by atoms with van der Waals surface area (Å²) in [6, 6.07) is 2.22. The van der Waals surface area contributed by atoms with Gasteiger partial charge in [0.1, 0.15) is 5.75 Å². The molecule has 8 nitrogen and oxygen atoms in total. The van der Waals surface area contributed by atoms with E-state index in [4.69, 9.17) is 9.47 Å². The van der Waals surface area contributed by atoms with Gasteiger partial charge in [-0.05, 0) is 100 Å². The molecule has 6 rings (SSSR count). The number of carbonyl (C=O) groups is 3. The molecule has 4 atom stereocenters. The molecule has 0 spiro atoms. The number of methoxy groups -OCH3 is 1. The number of halogens is 1. The van der Waals surface area contributed by atoms with Crippen LogP contribution in [0.3, 0.4) is 0 Å². The van der Waals surface area contributed by atoms with E-state index in [1.54, 1.807) is 6.92 Å². The molecule has 1 aromatic carbocycles. The van der Waals surface area contributed by atoms with Crippen molar-refractivity contribution in [1.82, 2.24) is 10.6 Å². The fraction of sp³-hybridized carbons (Fsp3) is 0.676. The van der Waals surface area contributed by atoms with E-state index in [0.717, 1.165) is 31.7 Å². The lowest BCUT2D eigenvalue weighted by Gasteiger charge is -2.39. The maximum Gasteiger partial charge on any atom is 0.309 e. The highest BCUT2D eigenvalue weighted by Gasteiger charge is 2.54. The van der Waals surface area contributed by atoms with Crippen molar-refractivity contribution in [2.24, 2.45) is 34.5 Å². The van der Waals surface area contributed by atoms with Crippen LogP contribution in [0.2, 0.25) is 0 Å². The van der Waals surface area contributed by atoms with Gasteiger partial charge in [0.05, 0.1) is 30.1 Å². The number of aliphatic carboxylic acids is 1. The minimum absolute atomic E-state index is 0.00748. The van der Waals surface area contributed by atoms with Crippen molar-refractivity contribution < 1.29 is 33.4 Å². The molecule has 2 amide bonds. The molecule has 234 valence electrons. The highest BCUT2D eigenvalue weighted by atomic mass is 19.1. The van der Waals surface area contributed by atoms with Gasteiger partial charge < -0.3 is 25.2 Å². The fourth-order valence-electron chi connectivity index (χ4n) is 7.84. The lowest BCUT2D eigenvalue weighted by molar-refractivity contribution is -0.150. The first-order valence-electron chi connectivity index (χ1n) is 16.1. The monoisotopic (exact) mass is 596 g/mol. The molecule has 0 radical (unpaired) electrons. The predicted molar refractivity (Wildman–Crippen MR) is 158 cm³/mol. The summed E-state index contributed by atoms with van der Waals surface area (Å²) < 4.78 is 26.5. The second-order valence-electron chi connectivity index (χ2n) is 14.5. The van der Waals surface area contributed by atoms with Crippen molar-refractivity contribution in [3.8, 4) is 11.5 Å². The Kier molecular flexibility index (Phi) is 7.96. The van der Waals surface area contributed by atoms with Crippen LogP contribution in [0.4, 0.5) is 4.39 Å². The van der Waals surface area contributed by atoms with Gasteiger partial charge in [0.25, 0.3) is 5.91 Å². The highest BCUT2D eigenvalue weighted by Crippen LogP contribution is 2.53. The quantitative estimate of drug-likeness (QED) is 0.301. The number of carboxylic acid groups (broad SMARTS) is 1. The van der Waals surface area contributed by atoms with Crippen LogP contribution in [0, 0.1) is 40.3 Å². The first-order chi connectivity index (χ1) is 20.5. The Morgan fingerprint density at radius 3 is 2.40 bits per heavy atom. The maximum absolute atomic E-state index is 15.1. The van der Waals surface area contributed by atoms with E-state index in [9.17, 15) is 19.5 Å². The molecule has 43 heavy (non-hydrogen) atoms. The van der Waals surface area contributed by atoms with E-state index in [1.807, 2.05) is 0 Å². The summed E-state index contributed by atoms with van der Waals surface area (Å²) in [5.74, 6) is -1.26. The molecule has 0 unspecified atom stereocenters. The molecule has 1 aromatic rings. The molecule has 0 aromatic heterocycles. The Bertz CT molecular complexity index is 1310. The van der Waals surface area contributed by atoms with Crippen molar-refractivity contribution in [2.75, 3.05) is 13.7 Å². The summed E-state index contributed by atoms with van der Waals surface area (Å²) in [7, 11) is 1.39. The third-order valence-corrected chi connectivity index (χ3v) is 11.1. The first-order valence-corrected chi connectivity index (χ1v) is 16.1. The van der Waals surface area contributed by atoms with Gasteiger partial charge in [0, 0.05) is 18.7 Å². The topological polar surface area (TPSA) is 114 Å². The third kappa shape index (κ3) is 6.01. The molecule has 0 saturated heterocycles. The zero-order valence-corrected chi connectivity index (χ0v) is 25.5. The first kappa shape index (κ1) is 29.9. The Labute approximate surface area is 253 Å². The molecule has 0 aliphatic heterocycles. The second kappa shape index (κ2) is 11.4. The molecule has 0 heterocycles. The number of ether oxygens (including phenoxy) is 2. The standard InChI is InChI=1S/C34H45FN2O6/c1-33(9-4-10-33)18-36-31(39)28-23-15-21(14-20(23)13-19-5-6-19)29(28)37-30(38)24-16-27(25(35)17-26(24)42-3)43-22-7-11-34(2,12-8-22)32(40)41/h13,16-17,19,21-23,28-29H,4-12,14-15,18H2,1-3H3,(H,36,39)(H,37,38)(H,40,41)/b20-13-/t21-,22?,23-,28-,29+,34?/m0/s1. The smallest absolute Gasteiger partial charge is 0.309 e. The molecule has 5 fully saturated rings. The molecular formula is C34H45FN2O6. The van der Waals surface area contributed by atoms with Gasteiger partial charge in [-0.25, -0.2) is 4.39 Å². The SMILES string of the molecule is COc1cc(F)c(OC2CCC(C)(C(=O)O)CC2)cc1C(=O)N[C@@H]1[C@H]2C/C(=C/C3CC3)[C@H](C2)[C@@H]1C(=O)NCC1(C)CCC1. The Balaban J connectivity index is 1.19. The number of carbonyl (C=O) groups excluding carboxylic acids is 2. The predicted octanol–water partition coefficient (Wildman–Crippen LogP) is 5.64. The summed E-state index contributed by atoms with van der Waals surface area (Å²) in [5.41, 5.74) is 0.870. The lowest BCUT2D eigenvalue weighted by atomic mass is 9.70. The van der Waals surface area contributed by atoms with Crippen molar-refractivity contribution in [3.63, 3.8) is 0 Å².